The van der Waals surface area contributed by atoms with Crippen LogP contribution in [0.1, 0.15) is 12.5 Å². The second kappa shape index (κ2) is 15.6. The van der Waals surface area contributed by atoms with Gasteiger partial charge in [-0.05, 0) is 48.6 Å². The van der Waals surface area contributed by atoms with Crippen LogP contribution in [0.3, 0.4) is 0 Å². The summed E-state index contributed by atoms with van der Waals surface area (Å²) in [5.74, 6) is -0.219. The molecule has 3 aromatic carbocycles. The van der Waals surface area contributed by atoms with E-state index in [0.29, 0.717) is 5.56 Å². The number of hydrogen-bond donors (Lipinski definition) is 1. The quantitative estimate of drug-likeness (QED) is 0.150. The molecule has 0 radical (unpaired) electrons. The lowest BCUT2D eigenvalue weighted by molar-refractivity contribution is -0.142. The largest absolute Gasteiger partial charge is 0.493 e. The fraction of sp³-hybridized carbons (Fsp3) is 0.310. The number of aliphatic carboxylic acids is 1. The van der Waals surface area contributed by atoms with Crippen LogP contribution in [0, 0.1) is 0 Å². The van der Waals surface area contributed by atoms with E-state index >= 15 is 0 Å². The summed E-state index contributed by atoms with van der Waals surface area (Å²) in [6.07, 6.45) is -1.56. The number of halogens is 1. The first-order valence-corrected chi connectivity index (χ1v) is 16.1. The Hall–Kier alpha value is -3.86. The van der Waals surface area contributed by atoms with Crippen LogP contribution in [0.4, 0.5) is 4.79 Å². The van der Waals surface area contributed by atoms with Crippen molar-refractivity contribution in [1.29, 1.82) is 0 Å². The Morgan fingerprint density at radius 2 is 1.26 bits per heavy atom. The number of nitrogens with zero attached hydrogens (tertiary/aromatic N) is 1. The molecule has 0 saturated carbocycles. The summed E-state index contributed by atoms with van der Waals surface area (Å²) in [5, 5.41) is 9.07. The zero-order chi connectivity index (χ0) is 31.6. The van der Waals surface area contributed by atoms with Crippen molar-refractivity contribution in [3.63, 3.8) is 0 Å². The van der Waals surface area contributed by atoms with Gasteiger partial charge in [0, 0.05) is 0 Å². The molecule has 0 fully saturated rings. The summed E-state index contributed by atoms with van der Waals surface area (Å²) >= 11 is 12.3. The van der Waals surface area contributed by atoms with E-state index in [-0.39, 0.29) is 41.1 Å². The smallest absolute Gasteiger partial charge is 0.411 e. The van der Waals surface area contributed by atoms with Gasteiger partial charge in [-0.2, -0.15) is 0 Å². The van der Waals surface area contributed by atoms with Gasteiger partial charge in [-0.1, -0.05) is 42.5 Å². The van der Waals surface area contributed by atoms with Crippen molar-refractivity contribution in [2.24, 2.45) is 0 Å². The number of methoxy groups -OCH3 is 4. The number of rotatable bonds is 15. The van der Waals surface area contributed by atoms with Gasteiger partial charge in [0.05, 0.1) is 33.8 Å². The SMILES string of the molecule is COc1cccc(OC)c1OP(=S)(CN(C(=O)OCc1ccccc1)C(C(=O)O)C(C)Cl)Oc1c(OC)cccc1OC. The highest BCUT2D eigenvalue weighted by atomic mass is 35.5. The van der Waals surface area contributed by atoms with Crippen LogP contribution in [-0.2, 0) is 27.9 Å². The molecule has 0 aromatic heterocycles. The average Bonchev–Trinajstić information content (AvgIpc) is 2.99. The standard InChI is InChI=1S/C29H33ClNO10PS/c1-19(30)25(28(32)33)31(29(34)39-17-20-11-7-6-8-12-20)18-42(43,40-26-21(35-2)13-9-14-22(26)36-3)41-27-23(37-4)15-10-16-24(27)38-5/h6-16,19,25H,17-18H2,1-5H3,(H,32,33). The molecule has 2 atom stereocenters. The first-order chi connectivity index (χ1) is 20.6. The number of carbonyl (C=O) groups is 2. The van der Waals surface area contributed by atoms with Crippen molar-refractivity contribution in [2.45, 2.75) is 24.9 Å². The molecule has 1 N–H and O–H groups in total. The normalized spacial score (nSPS) is 12.3. The fourth-order valence-electron chi connectivity index (χ4n) is 3.99. The van der Waals surface area contributed by atoms with Crippen molar-refractivity contribution >= 4 is 42.0 Å². The molecular formula is C29H33ClNO10PS. The molecule has 0 saturated heterocycles. The van der Waals surface area contributed by atoms with Crippen LogP contribution in [0.15, 0.2) is 66.7 Å². The maximum atomic E-state index is 13.6. The highest BCUT2D eigenvalue weighted by molar-refractivity contribution is 8.10. The third kappa shape index (κ3) is 8.59. The molecule has 0 heterocycles. The maximum Gasteiger partial charge on any atom is 0.411 e. The van der Waals surface area contributed by atoms with Gasteiger partial charge in [0.1, 0.15) is 18.9 Å². The minimum Gasteiger partial charge on any atom is -0.493 e. The number of carboxylic acids is 1. The van der Waals surface area contributed by atoms with Crippen molar-refractivity contribution in [3.05, 3.63) is 72.3 Å². The summed E-state index contributed by atoms with van der Waals surface area (Å²) in [6, 6.07) is 17.2. The van der Waals surface area contributed by atoms with E-state index in [1.54, 1.807) is 60.7 Å². The Labute approximate surface area is 260 Å². The molecule has 1 amide bonds. The topological polar surface area (TPSA) is 122 Å². The Morgan fingerprint density at radius 1 is 0.814 bits per heavy atom. The number of para-hydroxylation sites is 2. The van der Waals surface area contributed by atoms with Crippen LogP contribution < -0.4 is 28.0 Å². The predicted molar refractivity (Wildman–Crippen MR) is 165 cm³/mol. The third-order valence-electron chi connectivity index (χ3n) is 6.02. The number of hydrogen-bond acceptors (Lipinski definition) is 10. The van der Waals surface area contributed by atoms with E-state index in [1.165, 1.54) is 35.4 Å². The van der Waals surface area contributed by atoms with E-state index in [1.807, 2.05) is 6.07 Å². The molecular weight excluding hydrogens is 621 g/mol. The third-order valence-corrected chi connectivity index (χ3v) is 8.62. The van der Waals surface area contributed by atoms with Gasteiger partial charge in [-0.25, -0.2) is 9.59 Å². The van der Waals surface area contributed by atoms with Gasteiger partial charge in [-0.15, -0.1) is 11.6 Å². The molecule has 43 heavy (non-hydrogen) atoms. The zero-order valence-corrected chi connectivity index (χ0v) is 26.7. The number of benzene rings is 3. The van der Waals surface area contributed by atoms with E-state index in [2.05, 4.69) is 0 Å². The highest BCUT2D eigenvalue weighted by Crippen LogP contribution is 2.57. The Kier molecular flexibility index (Phi) is 12.2. The highest BCUT2D eigenvalue weighted by Gasteiger charge is 2.41. The summed E-state index contributed by atoms with van der Waals surface area (Å²) in [4.78, 5) is 26.9. The first-order valence-electron chi connectivity index (χ1n) is 12.8. The summed E-state index contributed by atoms with van der Waals surface area (Å²) in [6.45, 7) is -2.54. The van der Waals surface area contributed by atoms with Crippen molar-refractivity contribution in [1.82, 2.24) is 4.90 Å². The van der Waals surface area contributed by atoms with Gasteiger partial charge < -0.3 is 37.8 Å². The van der Waals surface area contributed by atoms with Crippen molar-refractivity contribution in [2.75, 3.05) is 34.7 Å². The second-order valence-corrected chi connectivity index (χ2v) is 13.1. The van der Waals surface area contributed by atoms with E-state index in [4.69, 9.17) is 56.1 Å². The molecule has 3 aromatic rings. The van der Waals surface area contributed by atoms with E-state index in [0.717, 1.165) is 4.90 Å². The van der Waals surface area contributed by atoms with E-state index < -0.39 is 36.3 Å². The molecule has 0 bridgehead atoms. The minimum atomic E-state index is -3.85. The number of carbonyl (C=O) groups excluding carboxylic acids is 1. The molecule has 3 rings (SSSR count). The lowest BCUT2D eigenvalue weighted by Crippen LogP contribution is -2.50. The van der Waals surface area contributed by atoms with Crippen LogP contribution in [0.2, 0.25) is 0 Å². The van der Waals surface area contributed by atoms with Crippen LogP contribution >= 0.6 is 18.1 Å². The van der Waals surface area contributed by atoms with Gasteiger partial charge in [0.2, 0.25) is 11.5 Å². The van der Waals surface area contributed by atoms with Gasteiger partial charge in [-0.3, -0.25) is 4.90 Å². The molecule has 232 valence electrons. The molecule has 0 aliphatic heterocycles. The van der Waals surface area contributed by atoms with E-state index in [9.17, 15) is 14.7 Å². The second-order valence-electron chi connectivity index (χ2n) is 8.89. The minimum absolute atomic E-state index is 0.0769. The zero-order valence-electron chi connectivity index (χ0n) is 24.2. The maximum absolute atomic E-state index is 13.6. The molecule has 2 unspecified atom stereocenters. The number of ether oxygens (including phenoxy) is 5. The molecule has 14 heteroatoms. The molecule has 11 nitrogen and oxygen atoms in total. The Balaban J connectivity index is 2.15. The molecule has 0 spiro atoms. The van der Waals surface area contributed by atoms with Crippen LogP contribution in [0.25, 0.3) is 0 Å². The van der Waals surface area contributed by atoms with Gasteiger partial charge >= 0.3 is 18.6 Å². The monoisotopic (exact) mass is 653 g/mol. The van der Waals surface area contributed by atoms with Crippen molar-refractivity contribution in [3.8, 4) is 34.5 Å². The molecule has 0 aliphatic carbocycles. The lowest BCUT2D eigenvalue weighted by atomic mass is 10.2. The van der Waals surface area contributed by atoms with Gasteiger partial charge in [0.25, 0.3) is 0 Å². The lowest BCUT2D eigenvalue weighted by Gasteiger charge is -2.34. The van der Waals surface area contributed by atoms with Crippen LogP contribution in [0.5, 0.6) is 34.5 Å². The predicted octanol–water partition coefficient (Wildman–Crippen LogP) is 6.17. The first kappa shape index (κ1) is 33.6. The number of alkyl halides is 1. The number of amides is 1. The molecule has 0 aliphatic rings. The summed E-state index contributed by atoms with van der Waals surface area (Å²) in [5.41, 5.74) is 0.686. The Morgan fingerprint density at radius 3 is 1.63 bits per heavy atom. The summed E-state index contributed by atoms with van der Waals surface area (Å²) < 4.78 is 40.2. The summed E-state index contributed by atoms with van der Waals surface area (Å²) in [7, 11) is 5.71. The van der Waals surface area contributed by atoms with Crippen LogP contribution in [-0.4, -0.2) is 68.2 Å². The fourth-order valence-corrected chi connectivity index (χ4v) is 6.79. The average molecular weight is 654 g/mol. The van der Waals surface area contributed by atoms with Crippen molar-refractivity contribution < 1.29 is 47.4 Å². The Bertz CT molecular complexity index is 1340. The number of carboxylic acid groups (broad SMARTS) is 1. The van der Waals surface area contributed by atoms with Gasteiger partial charge in [0.15, 0.2) is 23.0 Å².